The van der Waals surface area contributed by atoms with E-state index in [-0.39, 0.29) is 6.04 Å². The summed E-state index contributed by atoms with van der Waals surface area (Å²) in [6, 6.07) is 5.39. The number of hydrogen-bond donors (Lipinski definition) is 1. The first-order valence-electron chi connectivity index (χ1n) is 5.91. The lowest BCUT2D eigenvalue weighted by molar-refractivity contribution is -0.137. The molecule has 5 heteroatoms. The lowest BCUT2D eigenvalue weighted by atomic mass is 10.0. The molecule has 0 bridgehead atoms. The van der Waals surface area contributed by atoms with Crippen LogP contribution in [0.3, 0.4) is 0 Å². The second-order valence-corrected chi connectivity index (χ2v) is 4.32. The zero-order valence-corrected chi connectivity index (χ0v) is 10.9. The summed E-state index contributed by atoms with van der Waals surface area (Å²) in [7, 11) is 3.70. The average molecular weight is 260 g/mol. The van der Waals surface area contributed by atoms with E-state index in [1.807, 2.05) is 14.0 Å². The molecule has 0 aliphatic rings. The SMILES string of the molecule is CCN(C)CC(NC)c1cccc(C(F)(F)F)c1. The van der Waals surface area contributed by atoms with Gasteiger partial charge in [-0.3, -0.25) is 0 Å². The van der Waals surface area contributed by atoms with Gasteiger partial charge in [0.1, 0.15) is 0 Å². The predicted octanol–water partition coefficient (Wildman–Crippen LogP) is 2.92. The van der Waals surface area contributed by atoms with E-state index < -0.39 is 11.7 Å². The summed E-state index contributed by atoms with van der Waals surface area (Å²) < 4.78 is 37.9. The second-order valence-electron chi connectivity index (χ2n) is 4.32. The van der Waals surface area contributed by atoms with Crippen molar-refractivity contribution in [2.75, 3.05) is 27.2 Å². The molecular weight excluding hydrogens is 241 g/mol. The molecule has 0 aliphatic carbocycles. The highest BCUT2D eigenvalue weighted by Gasteiger charge is 2.30. The van der Waals surface area contributed by atoms with Crippen molar-refractivity contribution in [2.45, 2.75) is 19.1 Å². The van der Waals surface area contributed by atoms with Crippen molar-refractivity contribution in [3.05, 3.63) is 35.4 Å². The van der Waals surface area contributed by atoms with Gasteiger partial charge in [-0.2, -0.15) is 13.2 Å². The number of rotatable bonds is 5. The first-order chi connectivity index (χ1) is 8.38. The third-order valence-corrected chi connectivity index (χ3v) is 3.00. The Kier molecular flexibility index (Phi) is 5.16. The maximum atomic E-state index is 12.6. The summed E-state index contributed by atoms with van der Waals surface area (Å²) in [6.07, 6.45) is -4.29. The maximum absolute atomic E-state index is 12.6. The fraction of sp³-hybridized carbons (Fsp3) is 0.538. The van der Waals surface area contributed by atoms with Gasteiger partial charge in [0.2, 0.25) is 0 Å². The summed E-state index contributed by atoms with van der Waals surface area (Å²) in [5.74, 6) is 0. The molecule has 0 aliphatic heterocycles. The Bertz CT molecular complexity index is 377. The van der Waals surface area contributed by atoms with Crippen LogP contribution >= 0.6 is 0 Å². The van der Waals surface area contributed by atoms with Crippen LogP contribution in [0.1, 0.15) is 24.1 Å². The molecule has 2 nitrogen and oxygen atoms in total. The Labute approximate surface area is 106 Å². The van der Waals surface area contributed by atoms with E-state index in [1.165, 1.54) is 12.1 Å². The van der Waals surface area contributed by atoms with Gasteiger partial charge in [-0.15, -0.1) is 0 Å². The van der Waals surface area contributed by atoms with Gasteiger partial charge in [0.15, 0.2) is 0 Å². The summed E-state index contributed by atoms with van der Waals surface area (Å²) in [5, 5.41) is 3.05. The third-order valence-electron chi connectivity index (χ3n) is 3.00. The summed E-state index contributed by atoms with van der Waals surface area (Å²) in [4.78, 5) is 2.06. The molecule has 18 heavy (non-hydrogen) atoms. The normalized spacial score (nSPS) is 13.9. The molecule has 0 amide bonds. The van der Waals surface area contributed by atoms with Crippen molar-refractivity contribution in [3.63, 3.8) is 0 Å². The van der Waals surface area contributed by atoms with Crippen LogP contribution in [0.25, 0.3) is 0 Å². The molecule has 0 fully saturated rings. The van der Waals surface area contributed by atoms with E-state index in [4.69, 9.17) is 0 Å². The van der Waals surface area contributed by atoms with E-state index in [1.54, 1.807) is 13.1 Å². The minimum atomic E-state index is -4.29. The largest absolute Gasteiger partial charge is 0.416 e. The van der Waals surface area contributed by atoms with Crippen LogP contribution in [0.2, 0.25) is 0 Å². The first-order valence-corrected chi connectivity index (χ1v) is 5.91. The van der Waals surface area contributed by atoms with Crippen molar-refractivity contribution in [2.24, 2.45) is 0 Å². The van der Waals surface area contributed by atoms with Gasteiger partial charge in [0.25, 0.3) is 0 Å². The monoisotopic (exact) mass is 260 g/mol. The molecule has 0 spiro atoms. The molecule has 1 aromatic rings. The van der Waals surface area contributed by atoms with Crippen molar-refractivity contribution >= 4 is 0 Å². The van der Waals surface area contributed by atoms with Crippen LogP contribution in [0, 0.1) is 0 Å². The molecule has 1 unspecified atom stereocenters. The van der Waals surface area contributed by atoms with Crippen LogP contribution < -0.4 is 5.32 Å². The molecule has 1 atom stereocenters. The van der Waals surface area contributed by atoms with Crippen LogP contribution in [-0.2, 0) is 6.18 Å². The number of alkyl halides is 3. The van der Waals surface area contributed by atoms with Crippen LogP contribution in [0.5, 0.6) is 0 Å². The Balaban J connectivity index is 2.93. The Hall–Kier alpha value is -1.07. The fourth-order valence-corrected chi connectivity index (χ4v) is 1.74. The zero-order chi connectivity index (χ0) is 13.8. The van der Waals surface area contributed by atoms with Gasteiger partial charge < -0.3 is 10.2 Å². The summed E-state index contributed by atoms with van der Waals surface area (Å²) in [5.41, 5.74) is 0.0621. The topological polar surface area (TPSA) is 15.3 Å². The van der Waals surface area contributed by atoms with Gasteiger partial charge in [0, 0.05) is 12.6 Å². The lowest BCUT2D eigenvalue weighted by Crippen LogP contribution is -2.31. The van der Waals surface area contributed by atoms with Crippen molar-refractivity contribution in [1.29, 1.82) is 0 Å². The molecule has 1 N–H and O–H groups in total. The number of likely N-dealkylation sites (N-methyl/N-ethyl adjacent to an activating group) is 2. The van der Waals surface area contributed by atoms with Gasteiger partial charge in [-0.05, 0) is 38.3 Å². The number of hydrogen-bond acceptors (Lipinski definition) is 2. The third kappa shape index (κ3) is 3.99. The second kappa shape index (κ2) is 6.20. The minimum absolute atomic E-state index is 0.0998. The quantitative estimate of drug-likeness (QED) is 0.875. The van der Waals surface area contributed by atoms with Gasteiger partial charge >= 0.3 is 6.18 Å². The van der Waals surface area contributed by atoms with Gasteiger partial charge in [-0.1, -0.05) is 19.1 Å². The molecule has 1 rings (SSSR count). The Morgan fingerprint density at radius 1 is 1.33 bits per heavy atom. The highest BCUT2D eigenvalue weighted by molar-refractivity contribution is 5.28. The van der Waals surface area contributed by atoms with E-state index in [2.05, 4.69) is 10.2 Å². The first kappa shape index (κ1) is 15.0. The van der Waals surface area contributed by atoms with E-state index in [9.17, 15) is 13.2 Å². The Morgan fingerprint density at radius 2 is 2.00 bits per heavy atom. The van der Waals surface area contributed by atoms with Crippen molar-refractivity contribution in [3.8, 4) is 0 Å². The highest BCUT2D eigenvalue weighted by atomic mass is 19.4. The van der Waals surface area contributed by atoms with E-state index in [0.717, 1.165) is 12.6 Å². The molecule has 102 valence electrons. The average Bonchev–Trinajstić information content (AvgIpc) is 2.34. The highest BCUT2D eigenvalue weighted by Crippen LogP contribution is 2.30. The summed E-state index contributed by atoms with van der Waals surface area (Å²) >= 11 is 0. The van der Waals surface area contributed by atoms with Crippen LogP contribution in [0.15, 0.2) is 24.3 Å². The molecule has 0 aromatic heterocycles. The maximum Gasteiger partial charge on any atom is 0.416 e. The number of nitrogens with zero attached hydrogens (tertiary/aromatic N) is 1. The molecule has 0 saturated heterocycles. The predicted molar refractivity (Wildman–Crippen MR) is 66.4 cm³/mol. The van der Waals surface area contributed by atoms with Gasteiger partial charge in [0.05, 0.1) is 5.56 Å². The summed E-state index contributed by atoms with van der Waals surface area (Å²) in [6.45, 7) is 3.55. The smallest absolute Gasteiger partial charge is 0.312 e. The minimum Gasteiger partial charge on any atom is -0.312 e. The van der Waals surface area contributed by atoms with Crippen LogP contribution in [0.4, 0.5) is 13.2 Å². The van der Waals surface area contributed by atoms with E-state index in [0.29, 0.717) is 12.1 Å². The number of nitrogens with one attached hydrogen (secondary N) is 1. The number of halogens is 3. The van der Waals surface area contributed by atoms with Crippen LogP contribution in [-0.4, -0.2) is 32.1 Å². The molecular formula is C13H19F3N2. The zero-order valence-electron chi connectivity index (χ0n) is 10.9. The molecule has 0 heterocycles. The molecule has 0 saturated carbocycles. The Morgan fingerprint density at radius 3 is 2.50 bits per heavy atom. The standard InChI is InChI=1S/C13H19F3N2/c1-4-18(3)9-12(17-2)10-6-5-7-11(8-10)13(14,15)16/h5-8,12,17H,4,9H2,1-3H3. The number of benzene rings is 1. The van der Waals surface area contributed by atoms with Crippen molar-refractivity contribution in [1.82, 2.24) is 10.2 Å². The fourth-order valence-electron chi connectivity index (χ4n) is 1.74. The van der Waals surface area contributed by atoms with E-state index >= 15 is 0 Å². The van der Waals surface area contributed by atoms with Crippen molar-refractivity contribution < 1.29 is 13.2 Å². The van der Waals surface area contributed by atoms with Gasteiger partial charge in [-0.25, -0.2) is 0 Å². The molecule has 0 radical (unpaired) electrons. The molecule has 1 aromatic carbocycles. The lowest BCUT2D eigenvalue weighted by Gasteiger charge is -2.23.